The summed E-state index contributed by atoms with van der Waals surface area (Å²) < 4.78 is 20.3. The summed E-state index contributed by atoms with van der Waals surface area (Å²) >= 11 is 0. The SMILES string of the molecule is Cc1cn2cc(-c3cc4ccc(N5CCN(CCF)C(C)C5)cc4oc3=O)nc2c(C)n1. The Labute approximate surface area is 185 Å². The monoisotopic (exact) mass is 435 g/mol. The molecule has 0 spiro atoms. The minimum atomic E-state index is -0.415. The summed E-state index contributed by atoms with van der Waals surface area (Å²) in [5, 5.41) is 0.843. The van der Waals surface area contributed by atoms with E-state index in [9.17, 15) is 9.18 Å². The number of alkyl halides is 1. The molecule has 4 heterocycles. The lowest BCUT2D eigenvalue weighted by Crippen LogP contribution is -2.52. The highest BCUT2D eigenvalue weighted by molar-refractivity contribution is 5.84. The predicted molar refractivity (Wildman–Crippen MR) is 123 cm³/mol. The van der Waals surface area contributed by atoms with Crippen LogP contribution in [0.4, 0.5) is 10.1 Å². The Morgan fingerprint density at radius 2 is 2.00 bits per heavy atom. The van der Waals surface area contributed by atoms with Crippen LogP contribution >= 0.6 is 0 Å². The Kier molecular flexibility index (Phi) is 5.17. The zero-order chi connectivity index (χ0) is 22.4. The van der Waals surface area contributed by atoms with E-state index in [-0.39, 0.29) is 12.7 Å². The molecule has 0 saturated carbocycles. The van der Waals surface area contributed by atoms with E-state index < -0.39 is 5.63 Å². The second-order valence-electron chi connectivity index (χ2n) is 8.51. The number of rotatable bonds is 4. The molecule has 0 N–H and O–H groups in total. The molecule has 1 saturated heterocycles. The average Bonchev–Trinajstić information content (AvgIpc) is 3.18. The summed E-state index contributed by atoms with van der Waals surface area (Å²) in [6, 6.07) is 8.04. The molecule has 4 aromatic rings. The lowest BCUT2D eigenvalue weighted by Gasteiger charge is -2.40. The van der Waals surface area contributed by atoms with Crippen molar-refractivity contribution in [2.24, 2.45) is 0 Å². The molecular weight excluding hydrogens is 409 g/mol. The van der Waals surface area contributed by atoms with Crippen LogP contribution in [0.1, 0.15) is 18.3 Å². The zero-order valence-electron chi connectivity index (χ0n) is 18.5. The number of aryl methyl sites for hydroxylation is 2. The third kappa shape index (κ3) is 3.64. The van der Waals surface area contributed by atoms with Crippen molar-refractivity contribution in [3.8, 4) is 11.3 Å². The van der Waals surface area contributed by atoms with Gasteiger partial charge in [0.25, 0.3) is 0 Å². The quantitative estimate of drug-likeness (QED) is 0.457. The van der Waals surface area contributed by atoms with Crippen LogP contribution in [-0.2, 0) is 0 Å². The van der Waals surface area contributed by atoms with Gasteiger partial charge in [-0.2, -0.15) is 0 Å². The highest BCUT2D eigenvalue weighted by Crippen LogP contribution is 2.27. The fraction of sp³-hybridized carbons (Fsp3) is 0.375. The molecule has 3 aromatic heterocycles. The highest BCUT2D eigenvalue weighted by Gasteiger charge is 2.24. The normalized spacial score (nSPS) is 17.5. The lowest BCUT2D eigenvalue weighted by molar-refractivity contribution is 0.175. The topological polar surface area (TPSA) is 66.9 Å². The molecule has 0 aliphatic carbocycles. The van der Waals surface area contributed by atoms with Crippen molar-refractivity contribution >= 4 is 22.3 Å². The van der Waals surface area contributed by atoms with E-state index in [1.807, 2.05) is 54.9 Å². The van der Waals surface area contributed by atoms with E-state index in [4.69, 9.17) is 4.42 Å². The van der Waals surface area contributed by atoms with Crippen molar-refractivity contribution in [3.63, 3.8) is 0 Å². The number of halogens is 1. The van der Waals surface area contributed by atoms with Gasteiger partial charge in [-0.1, -0.05) is 0 Å². The Bertz CT molecular complexity index is 1360. The van der Waals surface area contributed by atoms with Gasteiger partial charge in [0, 0.05) is 61.8 Å². The fourth-order valence-electron chi connectivity index (χ4n) is 4.58. The molecule has 7 nitrogen and oxygen atoms in total. The van der Waals surface area contributed by atoms with Gasteiger partial charge in [-0.15, -0.1) is 0 Å². The summed E-state index contributed by atoms with van der Waals surface area (Å²) in [5.74, 6) is 0. The number of hydrogen-bond donors (Lipinski definition) is 0. The second-order valence-corrected chi connectivity index (χ2v) is 8.51. The molecule has 5 rings (SSSR count). The van der Waals surface area contributed by atoms with Gasteiger partial charge in [-0.05, 0) is 39.0 Å². The van der Waals surface area contributed by atoms with Crippen LogP contribution < -0.4 is 10.5 Å². The molecular formula is C24H26FN5O2. The molecule has 1 aliphatic heterocycles. The van der Waals surface area contributed by atoms with Crippen LogP contribution in [0.2, 0.25) is 0 Å². The van der Waals surface area contributed by atoms with Gasteiger partial charge < -0.3 is 13.7 Å². The number of piperazine rings is 1. The first-order chi connectivity index (χ1) is 15.4. The van der Waals surface area contributed by atoms with E-state index in [1.165, 1.54) is 0 Å². The van der Waals surface area contributed by atoms with Gasteiger partial charge in [-0.25, -0.2) is 14.2 Å². The lowest BCUT2D eigenvalue weighted by atomic mass is 10.1. The van der Waals surface area contributed by atoms with Gasteiger partial charge in [0.2, 0.25) is 0 Å². The number of anilines is 1. The largest absolute Gasteiger partial charge is 0.422 e. The molecule has 1 aromatic carbocycles. The minimum Gasteiger partial charge on any atom is -0.422 e. The number of benzene rings is 1. The van der Waals surface area contributed by atoms with Crippen LogP contribution in [0.25, 0.3) is 27.9 Å². The molecule has 8 heteroatoms. The van der Waals surface area contributed by atoms with Crippen LogP contribution in [0.3, 0.4) is 0 Å². The summed E-state index contributed by atoms with van der Waals surface area (Å²) in [7, 11) is 0. The molecule has 0 bridgehead atoms. The molecule has 166 valence electrons. The Balaban J connectivity index is 1.48. The first kappa shape index (κ1) is 20.6. The molecule has 1 atom stereocenters. The summed E-state index contributed by atoms with van der Waals surface area (Å²) in [4.78, 5) is 26.3. The third-order valence-electron chi connectivity index (χ3n) is 6.22. The summed E-state index contributed by atoms with van der Waals surface area (Å²) in [6.07, 6.45) is 3.73. The molecule has 32 heavy (non-hydrogen) atoms. The van der Waals surface area contributed by atoms with Crippen molar-refractivity contribution in [2.75, 3.05) is 37.8 Å². The van der Waals surface area contributed by atoms with Crippen LogP contribution in [0.15, 0.2) is 45.9 Å². The van der Waals surface area contributed by atoms with Crippen LogP contribution in [0, 0.1) is 13.8 Å². The van der Waals surface area contributed by atoms with Gasteiger partial charge in [0.1, 0.15) is 12.3 Å². The number of hydrogen-bond acceptors (Lipinski definition) is 6. The molecule has 1 fully saturated rings. The highest BCUT2D eigenvalue weighted by atomic mass is 19.1. The zero-order valence-corrected chi connectivity index (χ0v) is 18.5. The Morgan fingerprint density at radius 1 is 1.16 bits per heavy atom. The standard InChI is InChI=1S/C24H26FN5O2/c1-15-12-30-14-21(27-23(30)17(3)26-15)20-10-18-4-5-19(11-22(18)32-24(20)31)29-9-8-28(7-6-25)16(2)13-29/h4-5,10-12,14,16H,6-9,13H2,1-3H3. The van der Waals surface area contributed by atoms with Crippen molar-refractivity contribution in [3.05, 3.63) is 58.5 Å². The van der Waals surface area contributed by atoms with E-state index in [2.05, 4.69) is 26.7 Å². The Hall–Kier alpha value is -3.26. The number of nitrogens with zero attached hydrogens (tertiary/aromatic N) is 5. The first-order valence-corrected chi connectivity index (χ1v) is 10.9. The van der Waals surface area contributed by atoms with Gasteiger partial charge >= 0.3 is 5.63 Å². The first-order valence-electron chi connectivity index (χ1n) is 10.9. The van der Waals surface area contributed by atoms with E-state index in [0.717, 1.165) is 47.7 Å². The molecule has 0 radical (unpaired) electrons. The molecule has 1 unspecified atom stereocenters. The van der Waals surface area contributed by atoms with Gasteiger partial charge in [0.05, 0.1) is 22.6 Å². The maximum atomic E-state index is 12.8. The number of fused-ring (bicyclic) bond motifs is 2. The van der Waals surface area contributed by atoms with E-state index in [1.54, 1.807) is 0 Å². The van der Waals surface area contributed by atoms with Crippen molar-refractivity contribution in [1.29, 1.82) is 0 Å². The fourth-order valence-corrected chi connectivity index (χ4v) is 4.58. The van der Waals surface area contributed by atoms with Crippen LogP contribution in [0.5, 0.6) is 0 Å². The Morgan fingerprint density at radius 3 is 2.78 bits per heavy atom. The van der Waals surface area contributed by atoms with E-state index in [0.29, 0.717) is 23.4 Å². The summed E-state index contributed by atoms with van der Waals surface area (Å²) in [6.45, 7) is 8.53. The minimum absolute atomic E-state index is 0.265. The van der Waals surface area contributed by atoms with Gasteiger partial charge in [-0.3, -0.25) is 9.88 Å². The van der Waals surface area contributed by atoms with Crippen molar-refractivity contribution in [1.82, 2.24) is 19.3 Å². The third-order valence-corrected chi connectivity index (χ3v) is 6.22. The maximum absolute atomic E-state index is 12.8. The predicted octanol–water partition coefficient (Wildman–Crippen LogP) is 3.60. The second kappa shape index (κ2) is 8.02. The van der Waals surface area contributed by atoms with Gasteiger partial charge in [0.15, 0.2) is 5.65 Å². The number of aromatic nitrogens is 3. The molecule has 0 amide bonds. The van der Waals surface area contributed by atoms with Crippen molar-refractivity contribution < 1.29 is 8.81 Å². The van der Waals surface area contributed by atoms with Crippen molar-refractivity contribution in [2.45, 2.75) is 26.8 Å². The van der Waals surface area contributed by atoms with E-state index >= 15 is 0 Å². The maximum Gasteiger partial charge on any atom is 0.345 e. The smallest absolute Gasteiger partial charge is 0.345 e. The average molecular weight is 436 g/mol. The number of imidazole rings is 1. The van der Waals surface area contributed by atoms with Crippen LogP contribution in [-0.4, -0.2) is 58.2 Å². The molecule has 1 aliphatic rings. The summed E-state index contributed by atoms with van der Waals surface area (Å²) in [5.41, 5.74) is 4.56.